The minimum atomic E-state index is -0.608. The Labute approximate surface area is 77.7 Å². The van der Waals surface area contributed by atoms with E-state index in [0.717, 1.165) is 12.0 Å². The molecule has 2 atom stereocenters. The maximum Gasteiger partial charge on any atom is 0.187 e. The summed E-state index contributed by atoms with van der Waals surface area (Å²) in [6.45, 7) is 5.63. The topological polar surface area (TPSA) is 35.5 Å². The maximum atomic E-state index is 11.5. The highest BCUT2D eigenvalue weighted by atomic mass is 16.8. The van der Waals surface area contributed by atoms with Crippen molar-refractivity contribution in [2.75, 3.05) is 0 Å². The van der Waals surface area contributed by atoms with Crippen molar-refractivity contribution in [2.24, 2.45) is 0 Å². The van der Waals surface area contributed by atoms with Gasteiger partial charge in [0.05, 0.1) is 6.10 Å². The molecule has 0 bridgehead atoms. The van der Waals surface area contributed by atoms with E-state index in [-0.39, 0.29) is 18.0 Å². The fraction of sp³-hybridized carbons (Fsp3) is 0.700. The molecule has 0 saturated carbocycles. The summed E-state index contributed by atoms with van der Waals surface area (Å²) in [5, 5.41) is 0. The Bertz CT molecular complexity index is 278. The van der Waals surface area contributed by atoms with Crippen molar-refractivity contribution in [3.05, 3.63) is 11.6 Å². The minimum absolute atomic E-state index is 0.0410. The van der Waals surface area contributed by atoms with Crippen molar-refractivity contribution in [1.82, 2.24) is 0 Å². The van der Waals surface area contributed by atoms with Crippen LogP contribution in [-0.2, 0) is 14.3 Å². The second kappa shape index (κ2) is 2.66. The molecule has 1 fully saturated rings. The fourth-order valence-corrected chi connectivity index (χ4v) is 1.93. The number of carbonyl (C=O) groups excluding carboxylic acids is 1. The van der Waals surface area contributed by atoms with Crippen LogP contribution in [0.2, 0.25) is 0 Å². The van der Waals surface area contributed by atoms with Crippen LogP contribution in [0.3, 0.4) is 0 Å². The largest absolute Gasteiger partial charge is 0.344 e. The van der Waals surface area contributed by atoms with E-state index in [0.29, 0.717) is 0 Å². The Balaban J connectivity index is 2.23. The Kier molecular flexibility index (Phi) is 1.82. The summed E-state index contributed by atoms with van der Waals surface area (Å²) < 4.78 is 11.1. The van der Waals surface area contributed by atoms with E-state index in [9.17, 15) is 4.79 Å². The van der Waals surface area contributed by atoms with Gasteiger partial charge in [-0.2, -0.15) is 0 Å². The molecule has 3 heteroatoms. The molecular weight excluding hydrogens is 168 g/mol. The van der Waals surface area contributed by atoms with Gasteiger partial charge in [0, 0.05) is 0 Å². The van der Waals surface area contributed by atoms with Crippen molar-refractivity contribution in [1.29, 1.82) is 0 Å². The second-order valence-corrected chi connectivity index (χ2v) is 4.19. The van der Waals surface area contributed by atoms with Gasteiger partial charge in [-0.3, -0.25) is 4.79 Å². The molecule has 1 aliphatic carbocycles. The highest BCUT2D eigenvalue weighted by molar-refractivity contribution is 5.95. The van der Waals surface area contributed by atoms with Gasteiger partial charge >= 0.3 is 0 Å². The third-order valence-corrected chi connectivity index (χ3v) is 2.38. The van der Waals surface area contributed by atoms with Crippen LogP contribution in [0.1, 0.15) is 27.2 Å². The molecule has 13 heavy (non-hydrogen) atoms. The third-order valence-electron chi connectivity index (χ3n) is 2.38. The Morgan fingerprint density at radius 1 is 1.46 bits per heavy atom. The van der Waals surface area contributed by atoms with Crippen molar-refractivity contribution in [3.8, 4) is 0 Å². The Hall–Kier alpha value is -0.670. The molecular formula is C10H14O3. The summed E-state index contributed by atoms with van der Waals surface area (Å²) in [5.74, 6) is -0.567. The van der Waals surface area contributed by atoms with Crippen molar-refractivity contribution < 1.29 is 14.3 Å². The standard InChI is InChI=1S/C10H14O3/c1-6-4-7(11)9-8(5-6)12-10(2,3)13-9/h4,8-9H,5H2,1-3H3/t8-,9+/m1/s1. The van der Waals surface area contributed by atoms with Crippen molar-refractivity contribution in [3.63, 3.8) is 0 Å². The van der Waals surface area contributed by atoms with Crippen LogP contribution in [0, 0.1) is 0 Å². The van der Waals surface area contributed by atoms with E-state index in [1.54, 1.807) is 6.08 Å². The summed E-state index contributed by atoms with van der Waals surface area (Å²) in [6.07, 6.45) is 2.01. The molecule has 0 unspecified atom stereocenters. The van der Waals surface area contributed by atoms with Gasteiger partial charge in [0.2, 0.25) is 0 Å². The molecule has 0 amide bonds. The van der Waals surface area contributed by atoms with E-state index in [1.165, 1.54) is 0 Å². The average molecular weight is 182 g/mol. The Morgan fingerprint density at radius 3 is 2.85 bits per heavy atom. The van der Waals surface area contributed by atoms with E-state index >= 15 is 0 Å². The number of ether oxygens (including phenoxy) is 2. The molecule has 0 aromatic rings. The predicted octanol–water partition coefficient (Wildman–Crippen LogP) is 1.43. The lowest BCUT2D eigenvalue weighted by Crippen LogP contribution is -2.33. The molecule has 1 aliphatic heterocycles. The lowest BCUT2D eigenvalue weighted by Gasteiger charge is -2.19. The molecule has 72 valence electrons. The van der Waals surface area contributed by atoms with Crippen LogP contribution >= 0.6 is 0 Å². The van der Waals surface area contributed by atoms with E-state index in [4.69, 9.17) is 9.47 Å². The molecule has 3 nitrogen and oxygen atoms in total. The SMILES string of the molecule is CC1=CC(=O)[C@@H]2OC(C)(C)O[C@@H]2C1. The smallest absolute Gasteiger partial charge is 0.187 e. The van der Waals surface area contributed by atoms with Crippen LogP contribution in [0.5, 0.6) is 0 Å². The third kappa shape index (κ3) is 1.54. The van der Waals surface area contributed by atoms with Crippen molar-refractivity contribution in [2.45, 2.75) is 45.2 Å². The molecule has 1 heterocycles. The van der Waals surface area contributed by atoms with Gasteiger partial charge in [0.25, 0.3) is 0 Å². The summed E-state index contributed by atoms with van der Waals surface area (Å²) in [5.41, 5.74) is 1.08. The minimum Gasteiger partial charge on any atom is -0.344 e. The number of fused-ring (bicyclic) bond motifs is 1. The quantitative estimate of drug-likeness (QED) is 0.568. The first-order valence-electron chi connectivity index (χ1n) is 4.54. The Morgan fingerprint density at radius 2 is 2.15 bits per heavy atom. The van der Waals surface area contributed by atoms with Gasteiger partial charge < -0.3 is 9.47 Å². The van der Waals surface area contributed by atoms with Gasteiger partial charge in [-0.1, -0.05) is 5.57 Å². The molecule has 0 radical (unpaired) electrons. The normalized spacial score (nSPS) is 37.2. The number of rotatable bonds is 0. The first-order chi connectivity index (χ1) is 5.98. The van der Waals surface area contributed by atoms with E-state index in [1.807, 2.05) is 20.8 Å². The van der Waals surface area contributed by atoms with Crippen LogP contribution in [0.4, 0.5) is 0 Å². The molecule has 2 aliphatic rings. The zero-order valence-electron chi connectivity index (χ0n) is 8.16. The highest BCUT2D eigenvalue weighted by Crippen LogP contribution is 2.34. The number of carbonyl (C=O) groups is 1. The van der Waals surface area contributed by atoms with Gasteiger partial charge in [-0.05, 0) is 33.3 Å². The summed E-state index contributed by atoms with van der Waals surface area (Å²) in [4.78, 5) is 11.5. The summed E-state index contributed by atoms with van der Waals surface area (Å²) >= 11 is 0. The molecule has 0 aromatic heterocycles. The lowest BCUT2D eigenvalue weighted by molar-refractivity contribution is -0.152. The number of hydrogen-bond acceptors (Lipinski definition) is 3. The summed E-state index contributed by atoms with van der Waals surface area (Å²) in [7, 11) is 0. The van der Waals surface area contributed by atoms with Crippen molar-refractivity contribution >= 4 is 5.78 Å². The molecule has 0 spiro atoms. The van der Waals surface area contributed by atoms with Gasteiger partial charge in [-0.15, -0.1) is 0 Å². The molecule has 1 saturated heterocycles. The van der Waals surface area contributed by atoms with Crippen LogP contribution < -0.4 is 0 Å². The van der Waals surface area contributed by atoms with Gasteiger partial charge in [-0.25, -0.2) is 0 Å². The molecule has 2 rings (SSSR count). The van der Waals surface area contributed by atoms with E-state index in [2.05, 4.69) is 0 Å². The average Bonchev–Trinajstić information content (AvgIpc) is 2.23. The predicted molar refractivity (Wildman–Crippen MR) is 47.2 cm³/mol. The van der Waals surface area contributed by atoms with E-state index < -0.39 is 5.79 Å². The van der Waals surface area contributed by atoms with Crippen LogP contribution in [0.25, 0.3) is 0 Å². The maximum absolute atomic E-state index is 11.5. The lowest BCUT2D eigenvalue weighted by atomic mass is 9.95. The first-order valence-corrected chi connectivity index (χ1v) is 4.54. The monoisotopic (exact) mass is 182 g/mol. The van der Waals surface area contributed by atoms with Crippen LogP contribution in [-0.4, -0.2) is 23.8 Å². The second-order valence-electron chi connectivity index (χ2n) is 4.19. The molecule has 0 N–H and O–H groups in total. The summed E-state index contributed by atoms with van der Waals surface area (Å²) in [6, 6.07) is 0. The fourth-order valence-electron chi connectivity index (χ4n) is 1.93. The van der Waals surface area contributed by atoms with Gasteiger partial charge in [0.15, 0.2) is 11.6 Å². The number of ketones is 1. The highest BCUT2D eigenvalue weighted by Gasteiger charge is 2.45. The first kappa shape index (κ1) is 8.91. The number of hydrogen-bond donors (Lipinski definition) is 0. The molecule has 0 aromatic carbocycles. The zero-order valence-corrected chi connectivity index (χ0v) is 8.16. The zero-order chi connectivity index (χ0) is 9.64. The van der Waals surface area contributed by atoms with Crippen LogP contribution in [0.15, 0.2) is 11.6 Å². The van der Waals surface area contributed by atoms with Gasteiger partial charge in [0.1, 0.15) is 6.10 Å².